The summed E-state index contributed by atoms with van der Waals surface area (Å²) in [7, 11) is 0. The van der Waals surface area contributed by atoms with Gasteiger partial charge in [0.1, 0.15) is 12.6 Å². The molecule has 206 valence electrons. The van der Waals surface area contributed by atoms with Crippen LogP contribution in [0.2, 0.25) is 0 Å². The van der Waals surface area contributed by atoms with E-state index in [2.05, 4.69) is 5.32 Å². The molecule has 2 atom stereocenters. The fourth-order valence-electron chi connectivity index (χ4n) is 5.88. The predicted octanol–water partition coefficient (Wildman–Crippen LogP) is 5.68. The Kier molecular flexibility index (Phi) is 8.56. The number of carboxylic acids is 1. The molecule has 38 heavy (non-hydrogen) atoms. The van der Waals surface area contributed by atoms with Gasteiger partial charge >= 0.3 is 12.1 Å². The number of hydrogen-bond acceptors (Lipinski definition) is 5. The van der Waals surface area contributed by atoms with Crippen molar-refractivity contribution < 1.29 is 29.4 Å². The zero-order valence-electron chi connectivity index (χ0n) is 23.3. The summed E-state index contributed by atoms with van der Waals surface area (Å²) in [5.74, 6) is -3.01. The number of alkyl carbamates (subject to hydrolysis) is 1. The Labute approximate surface area is 225 Å². The first-order chi connectivity index (χ1) is 17.7. The van der Waals surface area contributed by atoms with Crippen LogP contribution in [0.4, 0.5) is 4.79 Å². The molecule has 0 spiro atoms. The molecule has 0 saturated heterocycles. The van der Waals surface area contributed by atoms with Gasteiger partial charge in [0, 0.05) is 5.92 Å². The van der Waals surface area contributed by atoms with Crippen LogP contribution >= 0.6 is 0 Å². The van der Waals surface area contributed by atoms with Crippen molar-refractivity contribution in [1.29, 1.82) is 0 Å². The van der Waals surface area contributed by atoms with Crippen LogP contribution in [-0.4, -0.2) is 51.5 Å². The van der Waals surface area contributed by atoms with E-state index in [1.165, 1.54) is 0 Å². The summed E-state index contributed by atoms with van der Waals surface area (Å²) < 4.78 is 5.61. The van der Waals surface area contributed by atoms with Crippen molar-refractivity contribution in [3.05, 3.63) is 59.7 Å². The lowest BCUT2D eigenvalue weighted by molar-refractivity contribution is -0.233. The highest BCUT2D eigenvalue weighted by Crippen LogP contribution is 2.45. The van der Waals surface area contributed by atoms with Gasteiger partial charge in [-0.25, -0.2) is 14.7 Å². The van der Waals surface area contributed by atoms with Gasteiger partial charge in [0.25, 0.3) is 5.91 Å². The van der Waals surface area contributed by atoms with Gasteiger partial charge in [-0.1, -0.05) is 97.0 Å². The Morgan fingerprint density at radius 3 is 1.87 bits per heavy atom. The molecule has 0 bridgehead atoms. The third-order valence-corrected chi connectivity index (χ3v) is 7.49. The third-order valence-electron chi connectivity index (χ3n) is 7.49. The largest absolute Gasteiger partial charge is 0.479 e. The summed E-state index contributed by atoms with van der Waals surface area (Å²) in [4.78, 5) is 39.0. The Morgan fingerprint density at radius 2 is 1.45 bits per heavy atom. The second-order valence-corrected chi connectivity index (χ2v) is 11.8. The lowest BCUT2D eigenvalue weighted by Gasteiger charge is -2.48. The molecule has 2 aromatic carbocycles. The van der Waals surface area contributed by atoms with Crippen molar-refractivity contribution in [1.82, 2.24) is 10.4 Å². The third kappa shape index (κ3) is 5.27. The van der Waals surface area contributed by atoms with Crippen LogP contribution in [0.5, 0.6) is 0 Å². The molecule has 2 amide bonds. The molecule has 1 aliphatic rings. The molecule has 0 aromatic heterocycles. The van der Waals surface area contributed by atoms with Gasteiger partial charge in [0.05, 0.1) is 0 Å². The molecule has 2 aromatic rings. The number of ether oxygens (including phenoxy) is 1. The molecule has 0 radical (unpaired) electrons. The van der Waals surface area contributed by atoms with E-state index in [-0.39, 0.29) is 24.9 Å². The van der Waals surface area contributed by atoms with E-state index in [1.54, 1.807) is 34.6 Å². The summed E-state index contributed by atoms with van der Waals surface area (Å²) in [6.45, 7) is 12.1. The molecule has 0 aliphatic heterocycles. The lowest BCUT2D eigenvalue weighted by Crippen LogP contribution is -2.68. The maximum atomic E-state index is 13.5. The Balaban J connectivity index is 1.81. The Hall–Kier alpha value is -3.39. The van der Waals surface area contributed by atoms with E-state index in [9.17, 15) is 24.7 Å². The standard InChI is InChI=1S/C30H40N2O6/c1-18(2)16-25(26(33)32(37)30(19(3)4,27(34)35)29(5,6)7)31-28(36)38-17-24-22-14-10-8-12-20(22)21-13-9-11-15-23(21)24/h8-15,18-19,24-25,37H,16-17H2,1-7H3,(H,31,36)(H,34,35)/t25-,30+/m0/s1. The van der Waals surface area contributed by atoms with Crippen molar-refractivity contribution in [2.75, 3.05) is 6.61 Å². The predicted molar refractivity (Wildman–Crippen MR) is 145 cm³/mol. The fraction of sp³-hybridized carbons (Fsp3) is 0.500. The van der Waals surface area contributed by atoms with Gasteiger partial charge in [-0.3, -0.25) is 10.0 Å². The second-order valence-electron chi connectivity index (χ2n) is 11.8. The van der Waals surface area contributed by atoms with Crippen LogP contribution in [0.1, 0.15) is 71.9 Å². The topological polar surface area (TPSA) is 116 Å². The Bertz CT molecular complexity index is 1140. The monoisotopic (exact) mass is 524 g/mol. The van der Waals surface area contributed by atoms with E-state index in [4.69, 9.17) is 4.74 Å². The highest BCUT2D eigenvalue weighted by Gasteiger charge is 2.58. The molecule has 0 fully saturated rings. The van der Waals surface area contributed by atoms with Crippen molar-refractivity contribution in [2.45, 2.75) is 72.4 Å². The number of hydrogen-bond donors (Lipinski definition) is 3. The van der Waals surface area contributed by atoms with E-state index in [0.717, 1.165) is 22.3 Å². The second kappa shape index (κ2) is 11.2. The summed E-state index contributed by atoms with van der Waals surface area (Å²) in [5.41, 5.74) is 1.40. The minimum atomic E-state index is -1.91. The molecule has 0 saturated carbocycles. The summed E-state index contributed by atoms with van der Waals surface area (Å²) in [6, 6.07) is 14.8. The van der Waals surface area contributed by atoms with Gasteiger partial charge in [-0.2, -0.15) is 0 Å². The number of carbonyl (C=O) groups is 3. The van der Waals surface area contributed by atoms with E-state index >= 15 is 0 Å². The summed E-state index contributed by atoms with van der Waals surface area (Å²) >= 11 is 0. The molecule has 3 N–H and O–H groups in total. The van der Waals surface area contributed by atoms with E-state index in [0.29, 0.717) is 5.06 Å². The van der Waals surface area contributed by atoms with Gasteiger partial charge in [-0.15, -0.1) is 0 Å². The molecule has 3 rings (SSSR count). The molecule has 8 heteroatoms. The fourth-order valence-corrected chi connectivity index (χ4v) is 5.88. The van der Waals surface area contributed by atoms with Crippen LogP contribution in [-0.2, 0) is 14.3 Å². The highest BCUT2D eigenvalue weighted by atomic mass is 16.6. The molecular weight excluding hydrogens is 484 g/mol. The average molecular weight is 525 g/mol. The number of benzene rings is 2. The minimum absolute atomic E-state index is 0.0286. The molecular formula is C30H40N2O6. The molecule has 0 unspecified atom stereocenters. The number of nitrogens with zero attached hydrogens (tertiary/aromatic N) is 1. The normalized spacial score (nSPS) is 15.4. The number of carbonyl (C=O) groups excluding carboxylic acids is 2. The zero-order chi connectivity index (χ0) is 28.4. The zero-order valence-corrected chi connectivity index (χ0v) is 23.3. The first kappa shape index (κ1) is 29.2. The maximum absolute atomic E-state index is 13.5. The first-order valence-electron chi connectivity index (χ1n) is 13.1. The number of fused-ring (bicyclic) bond motifs is 3. The molecule has 1 aliphatic carbocycles. The number of hydroxylamine groups is 2. The van der Waals surface area contributed by atoms with Gasteiger partial charge in [0.2, 0.25) is 0 Å². The van der Waals surface area contributed by atoms with Crippen LogP contribution in [0, 0.1) is 17.3 Å². The lowest BCUT2D eigenvalue weighted by atomic mass is 9.66. The van der Waals surface area contributed by atoms with Gasteiger partial charge in [-0.05, 0) is 45.9 Å². The van der Waals surface area contributed by atoms with Crippen LogP contribution in [0.15, 0.2) is 48.5 Å². The highest BCUT2D eigenvalue weighted by molar-refractivity contribution is 5.91. The van der Waals surface area contributed by atoms with E-state index in [1.807, 2.05) is 62.4 Å². The Morgan fingerprint density at radius 1 is 0.947 bits per heavy atom. The number of amides is 2. The van der Waals surface area contributed by atoms with E-state index < -0.39 is 40.9 Å². The van der Waals surface area contributed by atoms with Gasteiger partial charge < -0.3 is 15.2 Å². The van der Waals surface area contributed by atoms with Crippen molar-refractivity contribution in [3.8, 4) is 11.1 Å². The maximum Gasteiger partial charge on any atom is 0.407 e. The van der Waals surface area contributed by atoms with Gasteiger partial charge in [0.15, 0.2) is 5.54 Å². The summed E-state index contributed by atoms with van der Waals surface area (Å²) in [5, 5.41) is 24.2. The van der Waals surface area contributed by atoms with Crippen LogP contribution < -0.4 is 5.32 Å². The SMILES string of the molecule is CC(C)C[C@H](NC(=O)OCC1c2ccccc2-c2ccccc21)C(=O)N(O)[C@@](C(=O)O)(C(C)C)C(C)(C)C. The number of nitrogens with one attached hydrogen (secondary N) is 1. The van der Waals surface area contributed by atoms with Crippen molar-refractivity contribution in [2.24, 2.45) is 17.3 Å². The minimum Gasteiger partial charge on any atom is -0.479 e. The van der Waals surface area contributed by atoms with Crippen LogP contribution in [0.25, 0.3) is 11.1 Å². The number of rotatable bonds is 9. The molecule has 8 nitrogen and oxygen atoms in total. The quantitative estimate of drug-likeness (QED) is 0.287. The van der Waals surface area contributed by atoms with Crippen molar-refractivity contribution in [3.63, 3.8) is 0 Å². The smallest absolute Gasteiger partial charge is 0.407 e. The number of aliphatic carboxylic acids is 1. The summed E-state index contributed by atoms with van der Waals surface area (Å²) in [6.07, 6.45) is -0.613. The average Bonchev–Trinajstić information content (AvgIpc) is 3.14. The van der Waals surface area contributed by atoms with Crippen molar-refractivity contribution >= 4 is 18.0 Å². The van der Waals surface area contributed by atoms with Crippen LogP contribution in [0.3, 0.4) is 0 Å². The number of carboxylic acid groups (broad SMARTS) is 1. The first-order valence-corrected chi connectivity index (χ1v) is 13.1. The molecule has 0 heterocycles.